The summed E-state index contributed by atoms with van der Waals surface area (Å²) in [6, 6.07) is 0. The number of hydrogen-bond acceptors (Lipinski definition) is 3. The van der Waals surface area contributed by atoms with E-state index < -0.39 is 0 Å². The highest BCUT2D eigenvalue weighted by Gasteiger charge is 2.22. The van der Waals surface area contributed by atoms with Crippen molar-refractivity contribution in [2.24, 2.45) is 5.92 Å². The van der Waals surface area contributed by atoms with Gasteiger partial charge in [0.2, 0.25) is 0 Å². The first-order chi connectivity index (χ1) is 5.72. The van der Waals surface area contributed by atoms with Gasteiger partial charge in [-0.05, 0) is 24.5 Å². The second-order valence-electron chi connectivity index (χ2n) is 3.37. The van der Waals surface area contributed by atoms with Crippen LogP contribution in [0.5, 0.6) is 0 Å². The Morgan fingerprint density at radius 1 is 1.67 bits per heavy atom. The SMILES string of the molecule is COC(=O)CC(C)SCC1CC1. The summed E-state index contributed by atoms with van der Waals surface area (Å²) in [7, 11) is 1.45. The van der Waals surface area contributed by atoms with Crippen LogP contribution in [0.4, 0.5) is 0 Å². The fourth-order valence-corrected chi connectivity index (χ4v) is 2.15. The molecule has 1 saturated carbocycles. The lowest BCUT2D eigenvalue weighted by atomic mass is 10.3. The number of carbonyl (C=O) groups is 1. The molecule has 2 nitrogen and oxygen atoms in total. The van der Waals surface area contributed by atoms with E-state index in [1.54, 1.807) is 0 Å². The highest BCUT2D eigenvalue weighted by molar-refractivity contribution is 7.99. The Morgan fingerprint density at radius 2 is 2.33 bits per heavy atom. The minimum absolute atomic E-state index is 0.0919. The summed E-state index contributed by atoms with van der Waals surface area (Å²) in [5.74, 6) is 2.07. The lowest BCUT2D eigenvalue weighted by Crippen LogP contribution is -2.09. The molecule has 0 saturated heterocycles. The van der Waals surface area contributed by atoms with Gasteiger partial charge in [0.15, 0.2) is 0 Å². The minimum Gasteiger partial charge on any atom is -0.469 e. The molecule has 12 heavy (non-hydrogen) atoms. The predicted octanol–water partition coefficient (Wildman–Crippen LogP) is 2.08. The summed E-state index contributed by atoms with van der Waals surface area (Å²) >= 11 is 1.89. The van der Waals surface area contributed by atoms with Crippen molar-refractivity contribution in [2.45, 2.75) is 31.4 Å². The first-order valence-electron chi connectivity index (χ1n) is 4.40. The molecule has 1 rings (SSSR count). The molecule has 0 aromatic carbocycles. The van der Waals surface area contributed by atoms with Crippen LogP contribution in [0.2, 0.25) is 0 Å². The summed E-state index contributed by atoms with van der Waals surface area (Å²) in [5.41, 5.74) is 0. The standard InChI is InChI=1S/C9H16O2S/c1-7(5-9(10)11-2)12-6-8-3-4-8/h7-8H,3-6H2,1-2H3. The van der Waals surface area contributed by atoms with Crippen LogP contribution >= 0.6 is 11.8 Å². The van der Waals surface area contributed by atoms with Gasteiger partial charge in [-0.3, -0.25) is 4.79 Å². The van der Waals surface area contributed by atoms with E-state index in [2.05, 4.69) is 11.7 Å². The van der Waals surface area contributed by atoms with Gasteiger partial charge in [-0.15, -0.1) is 0 Å². The van der Waals surface area contributed by atoms with Gasteiger partial charge in [0.05, 0.1) is 13.5 Å². The largest absolute Gasteiger partial charge is 0.469 e. The van der Waals surface area contributed by atoms with Gasteiger partial charge in [-0.2, -0.15) is 11.8 Å². The molecule has 1 atom stereocenters. The van der Waals surface area contributed by atoms with E-state index in [0.29, 0.717) is 11.7 Å². The van der Waals surface area contributed by atoms with Crippen LogP contribution in [-0.4, -0.2) is 24.1 Å². The van der Waals surface area contributed by atoms with Crippen molar-refractivity contribution in [1.82, 2.24) is 0 Å². The quantitative estimate of drug-likeness (QED) is 0.618. The fraction of sp³-hybridized carbons (Fsp3) is 0.889. The molecule has 0 radical (unpaired) electrons. The Kier molecular flexibility index (Phi) is 3.92. The molecule has 0 spiro atoms. The number of rotatable bonds is 5. The fourth-order valence-electron chi connectivity index (χ4n) is 0.962. The average molecular weight is 188 g/mol. The van der Waals surface area contributed by atoms with E-state index in [0.717, 1.165) is 5.92 Å². The maximum atomic E-state index is 10.8. The molecule has 0 aliphatic heterocycles. The zero-order valence-electron chi connectivity index (χ0n) is 7.71. The van der Waals surface area contributed by atoms with E-state index in [9.17, 15) is 4.79 Å². The summed E-state index contributed by atoms with van der Waals surface area (Å²) in [5, 5.41) is 0.415. The Bertz CT molecular complexity index is 155. The molecule has 0 N–H and O–H groups in total. The second kappa shape index (κ2) is 4.75. The molecule has 0 aromatic rings. The molecule has 1 aliphatic carbocycles. The lowest BCUT2D eigenvalue weighted by molar-refractivity contribution is -0.140. The summed E-state index contributed by atoms with van der Waals surface area (Å²) in [4.78, 5) is 10.8. The van der Waals surface area contributed by atoms with Crippen LogP contribution < -0.4 is 0 Å². The van der Waals surface area contributed by atoms with Crippen LogP contribution in [0, 0.1) is 5.92 Å². The van der Waals surface area contributed by atoms with Crippen LogP contribution in [-0.2, 0) is 9.53 Å². The van der Waals surface area contributed by atoms with Crippen LogP contribution in [0.1, 0.15) is 26.2 Å². The van der Waals surface area contributed by atoms with Gasteiger partial charge in [-0.1, -0.05) is 6.92 Å². The average Bonchev–Trinajstić information content (AvgIpc) is 2.83. The molecule has 70 valence electrons. The Hall–Kier alpha value is -0.180. The van der Waals surface area contributed by atoms with Gasteiger partial charge in [0.1, 0.15) is 0 Å². The monoisotopic (exact) mass is 188 g/mol. The van der Waals surface area contributed by atoms with Crippen molar-refractivity contribution in [1.29, 1.82) is 0 Å². The van der Waals surface area contributed by atoms with Gasteiger partial charge >= 0.3 is 5.97 Å². The number of carbonyl (C=O) groups excluding carboxylic acids is 1. The molecule has 1 fully saturated rings. The Balaban J connectivity index is 2.01. The number of esters is 1. The molecule has 0 heterocycles. The van der Waals surface area contributed by atoms with Crippen molar-refractivity contribution in [3.63, 3.8) is 0 Å². The summed E-state index contributed by atoms with van der Waals surface area (Å²) < 4.78 is 4.59. The number of methoxy groups -OCH3 is 1. The van der Waals surface area contributed by atoms with E-state index in [4.69, 9.17) is 0 Å². The predicted molar refractivity (Wildman–Crippen MR) is 51.3 cm³/mol. The second-order valence-corrected chi connectivity index (χ2v) is 4.84. The van der Waals surface area contributed by atoms with E-state index >= 15 is 0 Å². The molecule has 1 aliphatic rings. The van der Waals surface area contributed by atoms with Crippen LogP contribution in [0.15, 0.2) is 0 Å². The van der Waals surface area contributed by atoms with E-state index in [-0.39, 0.29) is 5.97 Å². The molecule has 1 unspecified atom stereocenters. The van der Waals surface area contributed by atoms with Crippen molar-refractivity contribution < 1.29 is 9.53 Å². The van der Waals surface area contributed by atoms with Crippen molar-refractivity contribution in [2.75, 3.05) is 12.9 Å². The van der Waals surface area contributed by atoms with Crippen molar-refractivity contribution >= 4 is 17.7 Å². The maximum absolute atomic E-state index is 10.8. The van der Waals surface area contributed by atoms with Gasteiger partial charge < -0.3 is 4.74 Å². The molecule has 0 bridgehead atoms. The Labute approximate surface area is 78.1 Å². The third kappa shape index (κ3) is 4.00. The highest BCUT2D eigenvalue weighted by Crippen LogP contribution is 2.34. The van der Waals surface area contributed by atoms with Crippen LogP contribution in [0.25, 0.3) is 0 Å². The van der Waals surface area contributed by atoms with Gasteiger partial charge in [0.25, 0.3) is 0 Å². The first-order valence-corrected chi connectivity index (χ1v) is 5.45. The minimum atomic E-state index is -0.0919. The third-order valence-electron chi connectivity index (χ3n) is 2.00. The molecule has 3 heteroatoms. The number of ether oxygens (including phenoxy) is 1. The Morgan fingerprint density at radius 3 is 2.83 bits per heavy atom. The van der Waals surface area contributed by atoms with E-state index in [1.807, 2.05) is 11.8 Å². The molecular formula is C9H16O2S. The van der Waals surface area contributed by atoms with Crippen molar-refractivity contribution in [3.05, 3.63) is 0 Å². The highest BCUT2D eigenvalue weighted by atomic mass is 32.2. The molecule has 0 amide bonds. The third-order valence-corrected chi connectivity index (χ3v) is 3.39. The van der Waals surface area contributed by atoms with Crippen LogP contribution in [0.3, 0.4) is 0 Å². The van der Waals surface area contributed by atoms with Gasteiger partial charge in [-0.25, -0.2) is 0 Å². The zero-order chi connectivity index (χ0) is 8.97. The molecular weight excluding hydrogens is 172 g/mol. The smallest absolute Gasteiger partial charge is 0.306 e. The molecule has 0 aromatic heterocycles. The van der Waals surface area contributed by atoms with E-state index in [1.165, 1.54) is 25.7 Å². The zero-order valence-corrected chi connectivity index (χ0v) is 8.52. The lowest BCUT2D eigenvalue weighted by Gasteiger charge is -2.08. The normalized spacial score (nSPS) is 18.8. The number of hydrogen-bond donors (Lipinski definition) is 0. The number of thioether (sulfide) groups is 1. The maximum Gasteiger partial charge on any atom is 0.306 e. The van der Waals surface area contributed by atoms with Crippen molar-refractivity contribution in [3.8, 4) is 0 Å². The topological polar surface area (TPSA) is 26.3 Å². The first kappa shape index (κ1) is 9.90. The summed E-state index contributed by atoms with van der Waals surface area (Å²) in [6.07, 6.45) is 3.32. The van der Waals surface area contributed by atoms with Gasteiger partial charge in [0, 0.05) is 5.25 Å². The summed E-state index contributed by atoms with van der Waals surface area (Å²) in [6.45, 7) is 2.09.